The average Bonchev–Trinajstić information content (AvgIpc) is 3.04. The zero-order chi connectivity index (χ0) is 12.4. The van der Waals surface area contributed by atoms with Crippen LogP contribution in [0.2, 0.25) is 0 Å². The molecule has 0 saturated heterocycles. The summed E-state index contributed by atoms with van der Waals surface area (Å²) >= 11 is 0. The Bertz CT molecular complexity index is 405. The van der Waals surface area contributed by atoms with E-state index in [1.807, 2.05) is 20.0 Å². The van der Waals surface area contributed by atoms with Crippen LogP contribution in [0.1, 0.15) is 44.2 Å². The molecule has 4 heteroatoms. The maximum absolute atomic E-state index is 11.4. The summed E-state index contributed by atoms with van der Waals surface area (Å²) in [5, 5.41) is 2.93. The molecule has 1 saturated carbocycles. The summed E-state index contributed by atoms with van der Waals surface area (Å²) in [6.45, 7) is 6.59. The van der Waals surface area contributed by atoms with Crippen LogP contribution in [0.3, 0.4) is 0 Å². The molecule has 4 nitrogen and oxygen atoms in total. The van der Waals surface area contributed by atoms with Crippen molar-refractivity contribution in [3.05, 3.63) is 17.7 Å². The lowest BCUT2D eigenvalue weighted by atomic mass is 10.2. The second-order valence-corrected chi connectivity index (χ2v) is 5.11. The third-order valence-corrected chi connectivity index (χ3v) is 3.14. The number of rotatable bonds is 5. The highest BCUT2D eigenvalue weighted by Gasteiger charge is 2.26. The van der Waals surface area contributed by atoms with E-state index in [1.165, 1.54) is 18.5 Å². The highest BCUT2D eigenvalue weighted by Crippen LogP contribution is 2.36. The first kappa shape index (κ1) is 12.1. The van der Waals surface area contributed by atoms with E-state index in [9.17, 15) is 4.79 Å². The molecular formula is C13H21N3O. The van der Waals surface area contributed by atoms with Gasteiger partial charge in [0.15, 0.2) is 0 Å². The first-order valence-electron chi connectivity index (χ1n) is 6.40. The van der Waals surface area contributed by atoms with Gasteiger partial charge < -0.3 is 9.88 Å². The molecule has 0 radical (unpaired) electrons. The Morgan fingerprint density at radius 1 is 1.59 bits per heavy atom. The van der Waals surface area contributed by atoms with Gasteiger partial charge in [-0.2, -0.15) is 0 Å². The van der Waals surface area contributed by atoms with Gasteiger partial charge in [0.1, 0.15) is 5.82 Å². The van der Waals surface area contributed by atoms with E-state index < -0.39 is 0 Å². The number of aromatic nitrogens is 2. The molecule has 1 N–H and O–H groups in total. The van der Waals surface area contributed by atoms with Gasteiger partial charge in [0.2, 0.25) is 5.91 Å². The number of carbonyl (C=O) groups is 1. The number of carbonyl (C=O) groups excluding carboxylic acids is 1. The third kappa shape index (κ3) is 2.87. The molecule has 17 heavy (non-hydrogen) atoms. The zero-order valence-corrected chi connectivity index (χ0v) is 10.9. The molecule has 1 heterocycles. The Hall–Kier alpha value is -1.32. The van der Waals surface area contributed by atoms with Crippen molar-refractivity contribution >= 4 is 5.91 Å². The van der Waals surface area contributed by atoms with Crippen molar-refractivity contribution in [3.8, 4) is 0 Å². The fraction of sp³-hybridized carbons (Fsp3) is 0.692. The quantitative estimate of drug-likeness (QED) is 0.846. The highest BCUT2D eigenvalue weighted by molar-refractivity contribution is 5.77. The van der Waals surface area contributed by atoms with Crippen LogP contribution in [0.5, 0.6) is 0 Å². The number of nitrogens with zero attached hydrogens (tertiary/aromatic N) is 2. The van der Waals surface area contributed by atoms with Gasteiger partial charge in [0.05, 0.1) is 0 Å². The molecule has 0 atom stereocenters. The maximum atomic E-state index is 11.4. The van der Waals surface area contributed by atoms with E-state index in [-0.39, 0.29) is 11.8 Å². The molecule has 0 aromatic carbocycles. The predicted molar refractivity (Wildman–Crippen MR) is 66.8 cm³/mol. The first-order valence-corrected chi connectivity index (χ1v) is 6.40. The summed E-state index contributed by atoms with van der Waals surface area (Å²) in [4.78, 5) is 15.9. The summed E-state index contributed by atoms with van der Waals surface area (Å²) in [7, 11) is 0. The van der Waals surface area contributed by atoms with E-state index >= 15 is 0 Å². The number of imidazole rings is 1. The predicted octanol–water partition coefficient (Wildman–Crippen LogP) is 1.84. The fourth-order valence-electron chi connectivity index (χ4n) is 2.01. The van der Waals surface area contributed by atoms with Crippen LogP contribution >= 0.6 is 0 Å². The standard InChI is InChI=1S/C13H21N3O/c1-9(2)13(17)14-7-6-12-15-8-10(3)16(12)11-4-5-11/h8-9,11H,4-7H2,1-3H3,(H,14,17). The lowest BCUT2D eigenvalue weighted by molar-refractivity contribution is -0.123. The molecule has 0 spiro atoms. The lowest BCUT2D eigenvalue weighted by Crippen LogP contribution is -2.30. The molecule has 1 aliphatic carbocycles. The van der Waals surface area contributed by atoms with E-state index in [0.29, 0.717) is 12.6 Å². The summed E-state index contributed by atoms with van der Waals surface area (Å²) in [5.74, 6) is 1.28. The van der Waals surface area contributed by atoms with Crippen molar-refractivity contribution in [2.24, 2.45) is 5.92 Å². The molecule has 0 bridgehead atoms. The topological polar surface area (TPSA) is 46.9 Å². The highest BCUT2D eigenvalue weighted by atomic mass is 16.1. The molecule has 1 amide bonds. The number of hydrogen-bond donors (Lipinski definition) is 1. The Kier molecular flexibility index (Phi) is 3.50. The van der Waals surface area contributed by atoms with Gasteiger partial charge in [0.25, 0.3) is 0 Å². The molecular weight excluding hydrogens is 214 g/mol. The van der Waals surface area contributed by atoms with Crippen LogP contribution in [0.4, 0.5) is 0 Å². The number of amides is 1. The second kappa shape index (κ2) is 4.90. The minimum absolute atomic E-state index is 0.0555. The van der Waals surface area contributed by atoms with Gasteiger partial charge in [-0.1, -0.05) is 13.8 Å². The van der Waals surface area contributed by atoms with Crippen LogP contribution in [0.25, 0.3) is 0 Å². The van der Waals surface area contributed by atoms with Crippen LogP contribution in [0.15, 0.2) is 6.20 Å². The summed E-state index contributed by atoms with van der Waals surface area (Å²) in [5.41, 5.74) is 1.23. The van der Waals surface area contributed by atoms with Gasteiger partial charge in [-0.25, -0.2) is 4.98 Å². The third-order valence-electron chi connectivity index (χ3n) is 3.14. The van der Waals surface area contributed by atoms with Crippen molar-refractivity contribution in [1.29, 1.82) is 0 Å². The van der Waals surface area contributed by atoms with E-state index in [0.717, 1.165) is 12.2 Å². The van der Waals surface area contributed by atoms with Crippen molar-refractivity contribution in [2.45, 2.75) is 46.1 Å². The van der Waals surface area contributed by atoms with Crippen LogP contribution in [-0.4, -0.2) is 22.0 Å². The fourth-order valence-corrected chi connectivity index (χ4v) is 2.01. The van der Waals surface area contributed by atoms with E-state index in [4.69, 9.17) is 0 Å². The molecule has 1 aromatic heterocycles. The number of aryl methyl sites for hydroxylation is 1. The molecule has 94 valence electrons. The number of hydrogen-bond acceptors (Lipinski definition) is 2. The molecule has 0 unspecified atom stereocenters. The monoisotopic (exact) mass is 235 g/mol. The van der Waals surface area contributed by atoms with Gasteiger partial charge in [-0.15, -0.1) is 0 Å². The minimum atomic E-state index is 0.0555. The smallest absolute Gasteiger partial charge is 0.222 e. The Labute approximate surface area is 102 Å². The van der Waals surface area contributed by atoms with Crippen molar-refractivity contribution in [3.63, 3.8) is 0 Å². The number of nitrogens with one attached hydrogen (secondary N) is 1. The van der Waals surface area contributed by atoms with Crippen molar-refractivity contribution < 1.29 is 4.79 Å². The normalized spacial score (nSPS) is 15.3. The van der Waals surface area contributed by atoms with Gasteiger partial charge >= 0.3 is 0 Å². The SMILES string of the molecule is Cc1cnc(CCNC(=O)C(C)C)n1C1CC1. The molecule has 0 aliphatic heterocycles. The van der Waals surface area contributed by atoms with Crippen LogP contribution < -0.4 is 5.32 Å². The maximum Gasteiger partial charge on any atom is 0.222 e. The Morgan fingerprint density at radius 3 is 2.88 bits per heavy atom. The largest absolute Gasteiger partial charge is 0.355 e. The van der Waals surface area contributed by atoms with E-state index in [2.05, 4.69) is 21.8 Å². The zero-order valence-electron chi connectivity index (χ0n) is 10.9. The first-order chi connectivity index (χ1) is 8.09. The summed E-state index contributed by atoms with van der Waals surface area (Å²) < 4.78 is 2.32. The van der Waals surface area contributed by atoms with Crippen molar-refractivity contribution in [2.75, 3.05) is 6.54 Å². The van der Waals surface area contributed by atoms with Crippen LogP contribution in [0, 0.1) is 12.8 Å². The molecule has 1 fully saturated rings. The molecule has 1 aromatic rings. The van der Waals surface area contributed by atoms with Gasteiger partial charge in [-0.3, -0.25) is 4.79 Å². The Balaban J connectivity index is 1.89. The summed E-state index contributed by atoms with van der Waals surface area (Å²) in [6, 6.07) is 0.660. The molecule has 2 rings (SSSR count). The van der Waals surface area contributed by atoms with E-state index in [1.54, 1.807) is 0 Å². The minimum Gasteiger partial charge on any atom is -0.355 e. The summed E-state index contributed by atoms with van der Waals surface area (Å²) in [6.07, 6.45) is 5.28. The average molecular weight is 235 g/mol. The Morgan fingerprint density at radius 2 is 2.29 bits per heavy atom. The van der Waals surface area contributed by atoms with Crippen LogP contribution in [-0.2, 0) is 11.2 Å². The van der Waals surface area contributed by atoms with Gasteiger partial charge in [-0.05, 0) is 19.8 Å². The second-order valence-electron chi connectivity index (χ2n) is 5.11. The van der Waals surface area contributed by atoms with Gasteiger partial charge in [0, 0.05) is 36.8 Å². The van der Waals surface area contributed by atoms with Crippen molar-refractivity contribution in [1.82, 2.24) is 14.9 Å². The lowest BCUT2D eigenvalue weighted by Gasteiger charge is -2.10. The molecule has 1 aliphatic rings.